The van der Waals surface area contributed by atoms with Crippen LogP contribution in [-0.2, 0) is 9.59 Å². The van der Waals surface area contributed by atoms with E-state index in [1.54, 1.807) is 4.90 Å². The van der Waals surface area contributed by atoms with Gasteiger partial charge in [-0.3, -0.25) is 14.7 Å². The minimum absolute atomic E-state index is 0.0174. The lowest BCUT2D eigenvalue weighted by molar-refractivity contribution is -0.126. The fraction of sp³-hybridized carbons (Fsp3) is 0.412. The molecule has 24 heavy (non-hydrogen) atoms. The van der Waals surface area contributed by atoms with Crippen LogP contribution in [0.2, 0.25) is 0 Å². The van der Waals surface area contributed by atoms with Gasteiger partial charge in [0, 0.05) is 18.7 Å². The van der Waals surface area contributed by atoms with Crippen molar-refractivity contribution in [2.24, 2.45) is 5.92 Å². The van der Waals surface area contributed by atoms with Crippen LogP contribution in [0.25, 0.3) is 0 Å². The third-order valence-electron chi connectivity index (χ3n) is 4.57. The van der Waals surface area contributed by atoms with E-state index >= 15 is 0 Å². The smallest absolute Gasteiger partial charge is 0.227 e. The number of nitrogens with one attached hydrogen (secondary N) is 2. The van der Waals surface area contributed by atoms with Crippen LogP contribution in [0.15, 0.2) is 24.5 Å². The lowest BCUT2D eigenvalue weighted by Gasteiger charge is -2.20. The first-order valence-electron chi connectivity index (χ1n) is 7.99. The molecule has 2 aromatic rings. The van der Waals surface area contributed by atoms with Crippen LogP contribution in [0.5, 0.6) is 0 Å². The van der Waals surface area contributed by atoms with Gasteiger partial charge in [0.2, 0.25) is 11.8 Å². The van der Waals surface area contributed by atoms with E-state index in [9.17, 15) is 9.59 Å². The molecule has 2 unspecified atom stereocenters. The highest BCUT2D eigenvalue weighted by Crippen LogP contribution is 2.29. The normalized spacial score (nSPS) is 18.7. The molecule has 2 N–H and O–H groups in total. The number of carbonyl (C=O) groups excluding carboxylic acids is 2. The molecule has 2 heterocycles. The number of nitrogens with zero attached hydrogens (tertiary/aromatic N) is 3. The Balaban J connectivity index is 1.70. The van der Waals surface area contributed by atoms with E-state index in [1.807, 2.05) is 39.0 Å². The Morgan fingerprint density at radius 2 is 2.21 bits per heavy atom. The second-order valence-electron chi connectivity index (χ2n) is 6.23. The van der Waals surface area contributed by atoms with Crippen molar-refractivity contribution >= 4 is 17.5 Å². The quantitative estimate of drug-likeness (QED) is 0.893. The summed E-state index contributed by atoms with van der Waals surface area (Å²) in [5.41, 5.74) is 3.09. The first-order valence-corrected chi connectivity index (χ1v) is 7.99. The van der Waals surface area contributed by atoms with Gasteiger partial charge in [-0.2, -0.15) is 5.10 Å². The average Bonchev–Trinajstić information content (AvgIpc) is 3.20. The zero-order valence-corrected chi connectivity index (χ0v) is 14.0. The van der Waals surface area contributed by atoms with E-state index in [0.29, 0.717) is 12.4 Å². The summed E-state index contributed by atoms with van der Waals surface area (Å²) >= 11 is 0. The van der Waals surface area contributed by atoms with Crippen molar-refractivity contribution in [3.63, 3.8) is 0 Å². The van der Waals surface area contributed by atoms with Gasteiger partial charge in [-0.1, -0.05) is 12.1 Å². The highest BCUT2D eigenvalue weighted by atomic mass is 16.2. The molecule has 1 saturated heterocycles. The minimum Gasteiger partial charge on any atom is -0.346 e. The van der Waals surface area contributed by atoms with Gasteiger partial charge in [0.25, 0.3) is 0 Å². The topological polar surface area (TPSA) is 91.0 Å². The zero-order valence-electron chi connectivity index (χ0n) is 14.0. The molecule has 1 aromatic heterocycles. The molecule has 7 nitrogen and oxygen atoms in total. The Hall–Kier alpha value is -2.70. The van der Waals surface area contributed by atoms with Gasteiger partial charge in [0.15, 0.2) is 0 Å². The Kier molecular flexibility index (Phi) is 4.33. The van der Waals surface area contributed by atoms with Gasteiger partial charge in [-0.25, -0.2) is 4.98 Å². The number of hydrogen-bond donors (Lipinski definition) is 2. The Morgan fingerprint density at radius 3 is 2.92 bits per heavy atom. The van der Waals surface area contributed by atoms with Crippen LogP contribution in [0.1, 0.15) is 36.3 Å². The van der Waals surface area contributed by atoms with Crippen LogP contribution in [0, 0.1) is 19.8 Å². The van der Waals surface area contributed by atoms with E-state index in [1.165, 1.54) is 6.33 Å². The van der Waals surface area contributed by atoms with Gasteiger partial charge in [0.05, 0.1) is 12.0 Å². The molecule has 126 valence electrons. The number of aromatic nitrogens is 3. The van der Waals surface area contributed by atoms with E-state index < -0.39 is 0 Å². The van der Waals surface area contributed by atoms with Gasteiger partial charge >= 0.3 is 0 Å². The maximum Gasteiger partial charge on any atom is 0.227 e. The lowest BCUT2D eigenvalue weighted by atomic mass is 10.1. The number of benzene rings is 1. The molecule has 0 spiro atoms. The predicted molar refractivity (Wildman–Crippen MR) is 89.3 cm³/mol. The summed E-state index contributed by atoms with van der Waals surface area (Å²) in [6.07, 6.45) is 1.63. The fourth-order valence-corrected chi connectivity index (χ4v) is 2.97. The van der Waals surface area contributed by atoms with E-state index in [-0.39, 0.29) is 30.2 Å². The molecule has 2 amide bonds. The molecule has 1 aliphatic heterocycles. The van der Waals surface area contributed by atoms with Crippen molar-refractivity contribution in [3.05, 3.63) is 41.5 Å². The summed E-state index contributed by atoms with van der Waals surface area (Å²) in [6.45, 7) is 6.25. The number of carbonyl (C=O) groups is 2. The molecule has 1 aromatic carbocycles. The molecule has 2 atom stereocenters. The van der Waals surface area contributed by atoms with Crippen molar-refractivity contribution in [2.75, 3.05) is 11.4 Å². The number of anilines is 1. The maximum atomic E-state index is 12.5. The van der Waals surface area contributed by atoms with Crippen molar-refractivity contribution in [1.82, 2.24) is 20.5 Å². The minimum atomic E-state index is -0.359. The number of H-pyrrole nitrogens is 1. The molecule has 0 radical (unpaired) electrons. The first kappa shape index (κ1) is 16.2. The standard InChI is InChI=1S/C17H21N5O2/c1-10-5-4-6-14(11(10)2)22-8-13(7-15(22)23)17(24)20-12(3)16-18-9-19-21-16/h4-6,9,12-13H,7-8H2,1-3H3,(H,20,24)(H,18,19,21). The second kappa shape index (κ2) is 6.43. The van der Waals surface area contributed by atoms with Crippen LogP contribution in [0.4, 0.5) is 5.69 Å². The summed E-state index contributed by atoms with van der Waals surface area (Å²) in [6, 6.07) is 5.61. The van der Waals surface area contributed by atoms with Crippen LogP contribution in [0.3, 0.4) is 0 Å². The molecular weight excluding hydrogens is 306 g/mol. The molecule has 0 aliphatic carbocycles. The number of amides is 2. The van der Waals surface area contributed by atoms with Crippen molar-refractivity contribution in [1.29, 1.82) is 0 Å². The SMILES string of the molecule is Cc1cccc(N2CC(C(=O)NC(C)c3ncn[nH]3)CC2=O)c1C. The highest BCUT2D eigenvalue weighted by Gasteiger charge is 2.36. The summed E-state index contributed by atoms with van der Waals surface area (Å²) in [4.78, 5) is 30.6. The molecular formula is C17H21N5O2. The number of aryl methyl sites for hydroxylation is 1. The molecule has 0 bridgehead atoms. The summed E-state index contributed by atoms with van der Waals surface area (Å²) in [5, 5.41) is 9.41. The van der Waals surface area contributed by atoms with Gasteiger partial charge in [-0.05, 0) is 38.0 Å². The zero-order chi connectivity index (χ0) is 17.3. The third kappa shape index (κ3) is 3.02. The average molecular weight is 327 g/mol. The van der Waals surface area contributed by atoms with Crippen molar-refractivity contribution in [2.45, 2.75) is 33.2 Å². The number of hydrogen-bond acceptors (Lipinski definition) is 4. The Morgan fingerprint density at radius 1 is 1.42 bits per heavy atom. The molecule has 7 heteroatoms. The summed E-state index contributed by atoms with van der Waals surface area (Å²) in [7, 11) is 0. The number of aromatic amines is 1. The van der Waals surface area contributed by atoms with Crippen LogP contribution < -0.4 is 10.2 Å². The Labute approximate surface area is 140 Å². The maximum absolute atomic E-state index is 12.5. The monoisotopic (exact) mass is 327 g/mol. The van der Waals surface area contributed by atoms with E-state index in [4.69, 9.17) is 0 Å². The molecule has 1 aliphatic rings. The molecule has 3 rings (SSSR count). The van der Waals surface area contributed by atoms with Gasteiger partial charge in [0.1, 0.15) is 12.2 Å². The largest absolute Gasteiger partial charge is 0.346 e. The van der Waals surface area contributed by atoms with Crippen LogP contribution in [-0.4, -0.2) is 33.5 Å². The third-order valence-corrected chi connectivity index (χ3v) is 4.57. The molecule has 0 saturated carbocycles. The van der Waals surface area contributed by atoms with E-state index in [2.05, 4.69) is 20.5 Å². The van der Waals surface area contributed by atoms with Crippen molar-refractivity contribution in [3.8, 4) is 0 Å². The fourth-order valence-electron chi connectivity index (χ4n) is 2.97. The van der Waals surface area contributed by atoms with Gasteiger partial charge in [-0.15, -0.1) is 0 Å². The lowest BCUT2D eigenvalue weighted by Crippen LogP contribution is -2.35. The van der Waals surface area contributed by atoms with Crippen molar-refractivity contribution < 1.29 is 9.59 Å². The number of rotatable bonds is 4. The Bertz CT molecular complexity index is 756. The predicted octanol–water partition coefficient (Wildman–Crippen LogP) is 1.65. The van der Waals surface area contributed by atoms with E-state index in [0.717, 1.165) is 16.8 Å². The first-order chi connectivity index (χ1) is 11.5. The highest BCUT2D eigenvalue weighted by molar-refractivity contribution is 6.00. The summed E-state index contributed by atoms with van der Waals surface area (Å²) < 4.78 is 0. The molecule has 1 fully saturated rings. The van der Waals surface area contributed by atoms with Gasteiger partial charge < -0.3 is 10.2 Å². The second-order valence-corrected chi connectivity index (χ2v) is 6.23. The summed E-state index contributed by atoms with van der Waals surface area (Å²) in [5.74, 6) is 0.0815. The van der Waals surface area contributed by atoms with Crippen LogP contribution >= 0.6 is 0 Å².